The summed E-state index contributed by atoms with van der Waals surface area (Å²) >= 11 is 0. The van der Waals surface area contributed by atoms with Crippen molar-refractivity contribution >= 4 is 11.9 Å². The number of nitrogens with one attached hydrogen (secondary N) is 1. The third-order valence-electron chi connectivity index (χ3n) is 3.92. The van der Waals surface area contributed by atoms with E-state index in [1.165, 1.54) is 19.2 Å². The number of amides is 1. The van der Waals surface area contributed by atoms with Crippen LogP contribution >= 0.6 is 0 Å². The molecule has 1 saturated carbocycles. The molecule has 21 heavy (non-hydrogen) atoms. The highest BCUT2D eigenvalue weighted by Gasteiger charge is 2.27. The van der Waals surface area contributed by atoms with Gasteiger partial charge in [0.1, 0.15) is 5.82 Å². The molecule has 0 unspecified atom stereocenters. The summed E-state index contributed by atoms with van der Waals surface area (Å²) in [7, 11) is 1.31. The molecule has 0 heterocycles. The lowest BCUT2D eigenvalue weighted by Crippen LogP contribution is -2.33. The zero-order valence-corrected chi connectivity index (χ0v) is 12.1. The number of ether oxygens (including phenoxy) is 1. The van der Waals surface area contributed by atoms with Crippen molar-refractivity contribution in [1.82, 2.24) is 5.32 Å². The molecule has 0 bridgehead atoms. The van der Waals surface area contributed by atoms with Gasteiger partial charge in [-0.25, -0.2) is 4.39 Å². The normalized spacial score (nSPS) is 21.0. The van der Waals surface area contributed by atoms with E-state index < -0.39 is 0 Å². The smallest absolute Gasteiger partial charge is 0.306 e. The van der Waals surface area contributed by atoms with E-state index in [1.807, 2.05) is 0 Å². The number of carbonyl (C=O) groups excluding carboxylic acids is 2. The Hall–Kier alpha value is -1.91. The largest absolute Gasteiger partial charge is 0.469 e. The number of carbonyl (C=O) groups is 2. The van der Waals surface area contributed by atoms with Gasteiger partial charge in [-0.15, -0.1) is 0 Å². The van der Waals surface area contributed by atoms with Crippen LogP contribution in [0.15, 0.2) is 24.3 Å². The topological polar surface area (TPSA) is 55.4 Å². The van der Waals surface area contributed by atoms with Crippen LogP contribution in [0.1, 0.15) is 43.6 Å². The number of hydrogen-bond donors (Lipinski definition) is 1. The van der Waals surface area contributed by atoms with Gasteiger partial charge in [0.25, 0.3) is 0 Å². The van der Waals surface area contributed by atoms with Gasteiger partial charge in [-0.2, -0.15) is 0 Å². The lowest BCUT2D eigenvalue weighted by atomic mass is 9.97. The van der Waals surface area contributed by atoms with E-state index in [9.17, 15) is 14.0 Å². The molecule has 5 heteroatoms. The summed E-state index contributed by atoms with van der Waals surface area (Å²) in [5.41, 5.74) is 1.11. The molecule has 0 saturated heterocycles. The van der Waals surface area contributed by atoms with Gasteiger partial charge in [-0.1, -0.05) is 12.1 Å². The molecule has 1 fully saturated rings. The first kappa shape index (κ1) is 15.5. The fourth-order valence-corrected chi connectivity index (χ4v) is 2.77. The molecular weight excluding hydrogens is 273 g/mol. The molecule has 0 spiro atoms. The zero-order chi connectivity index (χ0) is 15.2. The second-order valence-electron chi connectivity index (χ2n) is 5.40. The van der Waals surface area contributed by atoms with Crippen molar-refractivity contribution in [3.05, 3.63) is 35.6 Å². The van der Waals surface area contributed by atoms with E-state index in [4.69, 9.17) is 0 Å². The van der Waals surface area contributed by atoms with Gasteiger partial charge in [0.15, 0.2) is 0 Å². The SMILES string of the molecule is COC(=O)CCC(=O)N[C@H]1CC[C@H](c2ccc(F)cc2)C1. The standard InChI is InChI=1S/C16H20FNO3/c1-21-16(20)9-8-15(19)18-14-7-4-12(10-14)11-2-5-13(17)6-3-11/h2-3,5-6,12,14H,4,7-10H2,1H3,(H,18,19)/t12-,14-/m0/s1. The molecule has 0 radical (unpaired) electrons. The Balaban J connectivity index is 1.78. The minimum absolute atomic E-state index is 0.108. The van der Waals surface area contributed by atoms with E-state index in [2.05, 4.69) is 10.1 Å². The highest BCUT2D eigenvalue weighted by molar-refractivity contribution is 5.81. The van der Waals surface area contributed by atoms with Gasteiger partial charge >= 0.3 is 5.97 Å². The van der Waals surface area contributed by atoms with E-state index in [0.717, 1.165) is 24.8 Å². The average molecular weight is 293 g/mol. The van der Waals surface area contributed by atoms with Crippen molar-refractivity contribution in [1.29, 1.82) is 0 Å². The number of rotatable bonds is 5. The number of methoxy groups -OCH3 is 1. The molecular formula is C16H20FNO3. The van der Waals surface area contributed by atoms with Gasteiger partial charge in [0, 0.05) is 12.5 Å². The van der Waals surface area contributed by atoms with E-state index in [-0.39, 0.29) is 36.6 Å². The molecule has 1 aliphatic carbocycles. The summed E-state index contributed by atoms with van der Waals surface area (Å²) in [6.07, 6.45) is 3.01. The number of esters is 1. The van der Waals surface area contributed by atoms with Crippen molar-refractivity contribution < 1.29 is 18.7 Å². The number of hydrogen-bond acceptors (Lipinski definition) is 3. The van der Waals surface area contributed by atoms with Crippen LogP contribution in [0.25, 0.3) is 0 Å². The predicted molar refractivity (Wildman–Crippen MR) is 76.2 cm³/mol. The summed E-state index contributed by atoms with van der Waals surface area (Å²) in [5.74, 6) is -0.369. The van der Waals surface area contributed by atoms with Gasteiger partial charge in [0.2, 0.25) is 5.91 Å². The first-order chi connectivity index (χ1) is 10.1. The fourth-order valence-electron chi connectivity index (χ4n) is 2.77. The fraction of sp³-hybridized carbons (Fsp3) is 0.500. The summed E-state index contributed by atoms with van der Waals surface area (Å²) < 4.78 is 17.4. The van der Waals surface area contributed by atoms with Gasteiger partial charge in [-0.3, -0.25) is 9.59 Å². The molecule has 0 aliphatic heterocycles. The molecule has 1 aromatic rings. The van der Waals surface area contributed by atoms with Crippen LogP contribution in [0.5, 0.6) is 0 Å². The van der Waals surface area contributed by atoms with Crippen LogP contribution in [0.2, 0.25) is 0 Å². The number of benzene rings is 1. The lowest BCUT2D eigenvalue weighted by Gasteiger charge is -2.13. The Morgan fingerprint density at radius 1 is 1.24 bits per heavy atom. The Bertz CT molecular complexity index is 501. The summed E-state index contributed by atoms with van der Waals surface area (Å²) in [4.78, 5) is 22.7. The minimum atomic E-state index is -0.374. The third-order valence-corrected chi connectivity index (χ3v) is 3.92. The van der Waals surface area contributed by atoms with Crippen LogP contribution in [-0.4, -0.2) is 25.0 Å². The number of halogens is 1. The van der Waals surface area contributed by atoms with Crippen molar-refractivity contribution in [3.8, 4) is 0 Å². The van der Waals surface area contributed by atoms with Crippen molar-refractivity contribution in [2.24, 2.45) is 0 Å². The molecule has 1 aliphatic rings. The Kier molecular flexibility index (Phi) is 5.31. The maximum Gasteiger partial charge on any atom is 0.306 e. The Labute approximate surface area is 123 Å². The highest BCUT2D eigenvalue weighted by atomic mass is 19.1. The summed E-state index contributed by atoms with van der Waals surface area (Å²) in [6.45, 7) is 0. The molecule has 1 N–H and O–H groups in total. The quantitative estimate of drug-likeness (QED) is 0.849. The highest BCUT2D eigenvalue weighted by Crippen LogP contribution is 2.34. The maximum absolute atomic E-state index is 12.9. The maximum atomic E-state index is 12.9. The second kappa shape index (κ2) is 7.20. The predicted octanol–water partition coefficient (Wildman–Crippen LogP) is 2.53. The van der Waals surface area contributed by atoms with Gasteiger partial charge in [0.05, 0.1) is 13.5 Å². The van der Waals surface area contributed by atoms with Crippen LogP contribution in [0.3, 0.4) is 0 Å². The first-order valence-electron chi connectivity index (χ1n) is 7.20. The van der Waals surface area contributed by atoms with Gasteiger partial charge in [-0.05, 0) is 42.9 Å². The molecule has 2 rings (SSSR count). The van der Waals surface area contributed by atoms with Crippen molar-refractivity contribution in [2.45, 2.75) is 44.1 Å². The second-order valence-corrected chi connectivity index (χ2v) is 5.40. The van der Waals surface area contributed by atoms with Crippen LogP contribution < -0.4 is 5.32 Å². The minimum Gasteiger partial charge on any atom is -0.469 e. The van der Waals surface area contributed by atoms with Crippen LogP contribution in [0, 0.1) is 5.82 Å². The van der Waals surface area contributed by atoms with E-state index in [0.29, 0.717) is 5.92 Å². The van der Waals surface area contributed by atoms with E-state index >= 15 is 0 Å². The molecule has 1 aromatic carbocycles. The Morgan fingerprint density at radius 3 is 2.62 bits per heavy atom. The van der Waals surface area contributed by atoms with Crippen molar-refractivity contribution in [2.75, 3.05) is 7.11 Å². The molecule has 114 valence electrons. The monoisotopic (exact) mass is 293 g/mol. The van der Waals surface area contributed by atoms with Crippen LogP contribution in [-0.2, 0) is 14.3 Å². The van der Waals surface area contributed by atoms with Crippen LogP contribution in [0.4, 0.5) is 4.39 Å². The molecule has 2 atom stereocenters. The van der Waals surface area contributed by atoms with Crippen molar-refractivity contribution in [3.63, 3.8) is 0 Å². The molecule has 4 nitrogen and oxygen atoms in total. The molecule has 0 aromatic heterocycles. The average Bonchev–Trinajstić information content (AvgIpc) is 2.94. The van der Waals surface area contributed by atoms with E-state index in [1.54, 1.807) is 12.1 Å². The zero-order valence-electron chi connectivity index (χ0n) is 12.1. The third kappa shape index (κ3) is 4.55. The molecule has 1 amide bonds. The lowest BCUT2D eigenvalue weighted by molar-refractivity contribution is -0.142. The summed E-state index contributed by atoms with van der Waals surface area (Å²) in [6, 6.07) is 6.68. The first-order valence-corrected chi connectivity index (χ1v) is 7.20. The Morgan fingerprint density at radius 2 is 1.95 bits per heavy atom. The van der Waals surface area contributed by atoms with Gasteiger partial charge < -0.3 is 10.1 Å². The summed E-state index contributed by atoms with van der Waals surface area (Å²) in [5, 5.41) is 2.95.